The van der Waals surface area contributed by atoms with E-state index in [4.69, 9.17) is 5.11 Å². The minimum atomic E-state index is -4.56. The van der Waals surface area contributed by atoms with Crippen LogP contribution in [0.25, 0.3) is 0 Å². The molecule has 5 nitrogen and oxygen atoms in total. The van der Waals surface area contributed by atoms with E-state index in [0.717, 1.165) is 0 Å². The summed E-state index contributed by atoms with van der Waals surface area (Å²) in [5.41, 5.74) is 0.484. The topological polar surface area (TPSA) is 78.4 Å². The van der Waals surface area contributed by atoms with Crippen LogP contribution in [0.15, 0.2) is 24.3 Å². The standard InChI is InChI=1S/C13H15F3N2O3/c14-13(15,16)8-11(20)18-10-4-2-9(3-5-10)12(21)17-6-1-7-19/h2-5,19H,1,6-8H2,(H,17,21)(H,18,20). The zero-order chi connectivity index (χ0) is 15.9. The van der Waals surface area contributed by atoms with Crippen molar-refractivity contribution in [3.63, 3.8) is 0 Å². The number of carbonyl (C=O) groups is 2. The molecular weight excluding hydrogens is 289 g/mol. The van der Waals surface area contributed by atoms with Gasteiger partial charge in [-0.05, 0) is 30.7 Å². The average molecular weight is 304 g/mol. The Bertz CT molecular complexity index is 486. The number of nitrogens with one attached hydrogen (secondary N) is 2. The van der Waals surface area contributed by atoms with Crippen molar-refractivity contribution < 1.29 is 27.9 Å². The number of carbonyl (C=O) groups excluding carboxylic acids is 2. The second kappa shape index (κ2) is 7.63. The van der Waals surface area contributed by atoms with E-state index >= 15 is 0 Å². The number of benzene rings is 1. The Morgan fingerprint density at radius 1 is 1.14 bits per heavy atom. The molecule has 2 amide bonds. The van der Waals surface area contributed by atoms with Crippen LogP contribution in [-0.2, 0) is 4.79 Å². The van der Waals surface area contributed by atoms with E-state index < -0.39 is 18.5 Å². The lowest BCUT2D eigenvalue weighted by molar-refractivity contribution is -0.150. The fourth-order valence-corrected chi connectivity index (χ4v) is 1.48. The zero-order valence-corrected chi connectivity index (χ0v) is 11.0. The Balaban J connectivity index is 2.54. The lowest BCUT2D eigenvalue weighted by Crippen LogP contribution is -2.25. The largest absolute Gasteiger partial charge is 0.397 e. The van der Waals surface area contributed by atoms with Gasteiger partial charge in [-0.2, -0.15) is 13.2 Å². The molecule has 3 N–H and O–H groups in total. The SMILES string of the molecule is O=C(CC(F)(F)F)Nc1ccc(C(=O)NCCCO)cc1. The van der Waals surface area contributed by atoms with E-state index in [1.807, 2.05) is 0 Å². The molecule has 0 heterocycles. The van der Waals surface area contributed by atoms with Gasteiger partial charge >= 0.3 is 6.18 Å². The fourth-order valence-electron chi connectivity index (χ4n) is 1.48. The van der Waals surface area contributed by atoms with Crippen LogP contribution in [0.5, 0.6) is 0 Å². The second-order valence-corrected chi connectivity index (χ2v) is 4.25. The Labute approximate surface area is 119 Å². The molecule has 1 aromatic carbocycles. The summed E-state index contributed by atoms with van der Waals surface area (Å²) in [6.45, 7) is 0.282. The van der Waals surface area contributed by atoms with Crippen LogP contribution >= 0.6 is 0 Å². The molecule has 0 aliphatic carbocycles. The van der Waals surface area contributed by atoms with Gasteiger partial charge in [0.25, 0.3) is 5.91 Å². The molecule has 0 atom stereocenters. The van der Waals surface area contributed by atoms with Crippen molar-refractivity contribution in [3.8, 4) is 0 Å². The lowest BCUT2D eigenvalue weighted by atomic mass is 10.2. The molecule has 0 unspecified atom stereocenters. The summed E-state index contributed by atoms with van der Waals surface area (Å²) in [5.74, 6) is -1.53. The molecule has 0 saturated carbocycles. The average Bonchev–Trinajstić information content (AvgIpc) is 2.37. The van der Waals surface area contributed by atoms with Gasteiger partial charge in [0.05, 0.1) is 0 Å². The number of aliphatic hydroxyl groups is 1. The molecule has 0 saturated heterocycles. The monoisotopic (exact) mass is 304 g/mol. The summed E-state index contributed by atoms with van der Waals surface area (Å²) in [6, 6.07) is 5.46. The predicted octanol–water partition coefficient (Wildman–Crippen LogP) is 1.69. The third kappa shape index (κ3) is 6.75. The quantitative estimate of drug-likeness (QED) is 0.700. The highest BCUT2D eigenvalue weighted by atomic mass is 19.4. The van der Waals surface area contributed by atoms with E-state index in [2.05, 4.69) is 10.6 Å². The van der Waals surface area contributed by atoms with Gasteiger partial charge in [0.15, 0.2) is 0 Å². The maximum atomic E-state index is 12.0. The number of hydrogen-bond donors (Lipinski definition) is 3. The Hall–Kier alpha value is -2.09. The number of amides is 2. The molecule has 0 bridgehead atoms. The van der Waals surface area contributed by atoms with Crippen molar-refractivity contribution in [2.75, 3.05) is 18.5 Å². The van der Waals surface area contributed by atoms with E-state index in [-0.39, 0.29) is 18.2 Å². The highest BCUT2D eigenvalue weighted by Gasteiger charge is 2.31. The smallest absolute Gasteiger partial charge is 0.396 e. The van der Waals surface area contributed by atoms with Crippen molar-refractivity contribution in [2.45, 2.75) is 19.0 Å². The van der Waals surface area contributed by atoms with Gasteiger partial charge in [0.2, 0.25) is 5.91 Å². The second-order valence-electron chi connectivity index (χ2n) is 4.25. The number of hydrogen-bond acceptors (Lipinski definition) is 3. The molecule has 0 fully saturated rings. The summed E-state index contributed by atoms with van der Waals surface area (Å²) < 4.78 is 36.0. The van der Waals surface area contributed by atoms with Gasteiger partial charge in [-0.25, -0.2) is 0 Å². The summed E-state index contributed by atoms with van der Waals surface area (Å²) in [6.07, 6.45) is -5.69. The molecule has 1 aromatic rings. The molecule has 0 radical (unpaired) electrons. The van der Waals surface area contributed by atoms with E-state index in [1.54, 1.807) is 0 Å². The van der Waals surface area contributed by atoms with Gasteiger partial charge in [-0.3, -0.25) is 9.59 Å². The van der Waals surface area contributed by atoms with Gasteiger partial charge in [-0.1, -0.05) is 0 Å². The molecule has 0 aromatic heterocycles. The molecule has 8 heteroatoms. The van der Waals surface area contributed by atoms with Crippen LogP contribution in [0, 0.1) is 0 Å². The number of alkyl halides is 3. The Morgan fingerprint density at radius 2 is 1.76 bits per heavy atom. The maximum absolute atomic E-state index is 12.0. The summed E-state index contributed by atoms with van der Waals surface area (Å²) in [4.78, 5) is 22.7. The van der Waals surface area contributed by atoms with Crippen LogP contribution in [0.4, 0.5) is 18.9 Å². The molecule has 0 spiro atoms. The molecular formula is C13H15F3N2O3. The van der Waals surface area contributed by atoms with Crippen LogP contribution in [0.1, 0.15) is 23.2 Å². The van der Waals surface area contributed by atoms with Gasteiger partial charge in [0, 0.05) is 24.4 Å². The Morgan fingerprint density at radius 3 is 2.29 bits per heavy atom. The van der Waals surface area contributed by atoms with Gasteiger partial charge in [-0.15, -0.1) is 0 Å². The molecule has 0 aliphatic rings. The summed E-state index contributed by atoms with van der Waals surface area (Å²) in [5, 5.41) is 13.2. The zero-order valence-electron chi connectivity index (χ0n) is 11.0. The van der Waals surface area contributed by atoms with Crippen molar-refractivity contribution >= 4 is 17.5 Å². The van der Waals surface area contributed by atoms with E-state index in [1.165, 1.54) is 24.3 Å². The maximum Gasteiger partial charge on any atom is 0.397 e. The molecule has 116 valence electrons. The van der Waals surface area contributed by atoms with E-state index in [9.17, 15) is 22.8 Å². The fraction of sp³-hybridized carbons (Fsp3) is 0.385. The normalized spacial score (nSPS) is 11.0. The highest BCUT2D eigenvalue weighted by molar-refractivity contribution is 5.95. The lowest BCUT2D eigenvalue weighted by Gasteiger charge is -2.08. The summed E-state index contributed by atoms with van der Waals surface area (Å²) in [7, 11) is 0. The minimum absolute atomic E-state index is 0.0372. The molecule has 0 aliphatic heterocycles. The minimum Gasteiger partial charge on any atom is -0.396 e. The molecule has 1 rings (SSSR count). The number of halogens is 3. The van der Waals surface area contributed by atoms with Crippen molar-refractivity contribution in [2.24, 2.45) is 0 Å². The third-order valence-corrected chi connectivity index (χ3v) is 2.41. The first kappa shape index (κ1) is 17.0. The van der Waals surface area contributed by atoms with Crippen molar-refractivity contribution in [1.82, 2.24) is 5.32 Å². The van der Waals surface area contributed by atoms with Crippen LogP contribution < -0.4 is 10.6 Å². The summed E-state index contributed by atoms with van der Waals surface area (Å²) >= 11 is 0. The van der Waals surface area contributed by atoms with E-state index in [0.29, 0.717) is 18.5 Å². The van der Waals surface area contributed by atoms with Crippen LogP contribution in [0.3, 0.4) is 0 Å². The van der Waals surface area contributed by atoms with Crippen molar-refractivity contribution in [1.29, 1.82) is 0 Å². The number of aliphatic hydroxyl groups excluding tert-OH is 1. The third-order valence-electron chi connectivity index (χ3n) is 2.41. The predicted molar refractivity (Wildman–Crippen MR) is 69.8 cm³/mol. The number of rotatable bonds is 6. The first-order valence-electron chi connectivity index (χ1n) is 6.17. The molecule has 21 heavy (non-hydrogen) atoms. The van der Waals surface area contributed by atoms with Crippen LogP contribution in [-0.4, -0.2) is 36.2 Å². The first-order chi connectivity index (χ1) is 9.81. The Kier molecular flexibility index (Phi) is 6.16. The highest BCUT2D eigenvalue weighted by Crippen LogP contribution is 2.20. The van der Waals surface area contributed by atoms with Crippen molar-refractivity contribution in [3.05, 3.63) is 29.8 Å². The van der Waals surface area contributed by atoms with Crippen LogP contribution in [0.2, 0.25) is 0 Å². The van der Waals surface area contributed by atoms with Gasteiger partial charge < -0.3 is 15.7 Å². The number of anilines is 1. The van der Waals surface area contributed by atoms with Gasteiger partial charge in [0.1, 0.15) is 6.42 Å². The first-order valence-corrected chi connectivity index (χ1v) is 6.17.